The summed E-state index contributed by atoms with van der Waals surface area (Å²) in [5, 5.41) is 6.54. The molecule has 0 unspecified atom stereocenters. The van der Waals surface area contributed by atoms with Gasteiger partial charge < -0.3 is 10.5 Å². The van der Waals surface area contributed by atoms with Gasteiger partial charge in [0.1, 0.15) is 18.8 Å². The highest BCUT2D eigenvalue weighted by Crippen LogP contribution is 2.20. The third-order valence-electron chi connectivity index (χ3n) is 2.64. The van der Waals surface area contributed by atoms with Crippen molar-refractivity contribution in [1.29, 1.82) is 0 Å². The largest absolute Gasteiger partial charge is 0.370 e. The van der Waals surface area contributed by atoms with Gasteiger partial charge in [0.05, 0.1) is 6.10 Å². The van der Waals surface area contributed by atoms with Crippen LogP contribution in [0.3, 0.4) is 0 Å². The minimum Gasteiger partial charge on any atom is -0.370 e. The first-order chi connectivity index (χ1) is 6.84. The molecule has 5 nitrogen and oxygen atoms in total. The minimum atomic E-state index is 0.347. The Hall–Kier alpha value is -0.940. The van der Waals surface area contributed by atoms with Crippen molar-refractivity contribution in [2.75, 3.05) is 0 Å². The minimum absolute atomic E-state index is 0.347. The van der Waals surface area contributed by atoms with E-state index in [-0.39, 0.29) is 0 Å². The fraction of sp³-hybridized carbons (Fsp3) is 0.778. The fourth-order valence-electron chi connectivity index (χ4n) is 1.75. The molecule has 1 aliphatic carbocycles. The monoisotopic (exact) mass is 196 g/mol. The zero-order valence-electron chi connectivity index (χ0n) is 8.15. The third-order valence-corrected chi connectivity index (χ3v) is 2.64. The second kappa shape index (κ2) is 4.52. The Balaban J connectivity index is 1.71. The Morgan fingerprint density at radius 2 is 2.21 bits per heavy atom. The Morgan fingerprint density at radius 1 is 1.43 bits per heavy atom. The Morgan fingerprint density at radius 3 is 2.86 bits per heavy atom. The van der Waals surface area contributed by atoms with Crippen LogP contribution in [0.1, 0.15) is 31.5 Å². The average molecular weight is 196 g/mol. The van der Waals surface area contributed by atoms with Crippen molar-refractivity contribution in [3.8, 4) is 0 Å². The summed E-state index contributed by atoms with van der Waals surface area (Å²) in [6.45, 7) is 0.528. The van der Waals surface area contributed by atoms with Crippen LogP contribution >= 0.6 is 0 Å². The van der Waals surface area contributed by atoms with Crippen molar-refractivity contribution >= 4 is 0 Å². The summed E-state index contributed by atoms with van der Waals surface area (Å²) in [4.78, 5) is 4.00. The third kappa shape index (κ3) is 2.52. The molecule has 1 aromatic rings. The van der Waals surface area contributed by atoms with E-state index in [2.05, 4.69) is 15.2 Å². The highest BCUT2D eigenvalue weighted by molar-refractivity contribution is 4.78. The topological polar surface area (TPSA) is 76.8 Å². The number of ether oxygens (including phenoxy) is 1. The normalized spacial score (nSPS) is 27.8. The molecule has 0 aromatic carbocycles. The Kier molecular flexibility index (Phi) is 3.10. The lowest BCUT2D eigenvalue weighted by Crippen LogP contribution is -2.30. The van der Waals surface area contributed by atoms with Gasteiger partial charge in [0.2, 0.25) is 0 Å². The van der Waals surface area contributed by atoms with Gasteiger partial charge in [0.15, 0.2) is 0 Å². The molecule has 0 spiro atoms. The van der Waals surface area contributed by atoms with E-state index in [0.29, 0.717) is 18.8 Å². The first-order valence-corrected chi connectivity index (χ1v) is 5.06. The molecule has 14 heavy (non-hydrogen) atoms. The highest BCUT2D eigenvalue weighted by atomic mass is 16.5. The molecule has 1 heterocycles. The number of nitrogens with zero attached hydrogens (tertiary/aromatic N) is 2. The summed E-state index contributed by atoms with van der Waals surface area (Å²) in [5.74, 6) is 0.792. The van der Waals surface area contributed by atoms with Gasteiger partial charge in [-0.2, -0.15) is 5.10 Å². The van der Waals surface area contributed by atoms with Crippen LogP contribution < -0.4 is 5.73 Å². The van der Waals surface area contributed by atoms with E-state index < -0.39 is 0 Å². The molecule has 0 aliphatic heterocycles. The molecule has 1 aromatic heterocycles. The van der Waals surface area contributed by atoms with Crippen molar-refractivity contribution in [2.45, 2.75) is 44.4 Å². The van der Waals surface area contributed by atoms with E-state index in [1.807, 2.05) is 0 Å². The predicted octanol–water partition coefficient (Wildman–Crippen LogP) is 0.591. The SMILES string of the molecule is NC1CCC(OCc2ncn[nH]2)CC1. The van der Waals surface area contributed by atoms with Crippen LogP contribution in [0.15, 0.2) is 6.33 Å². The summed E-state index contributed by atoms with van der Waals surface area (Å²) in [7, 11) is 0. The summed E-state index contributed by atoms with van der Waals surface area (Å²) in [6.07, 6.45) is 6.11. The maximum Gasteiger partial charge on any atom is 0.150 e. The molecule has 0 radical (unpaired) electrons. The van der Waals surface area contributed by atoms with E-state index >= 15 is 0 Å². The van der Waals surface area contributed by atoms with E-state index in [1.54, 1.807) is 0 Å². The average Bonchev–Trinajstić information content (AvgIpc) is 2.70. The molecule has 0 amide bonds. The van der Waals surface area contributed by atoms with Crippen molar-refractivity contribution in [1.82, 2.24) is 15.2 Å². The summed E-state index contributed by atoms with van der Waals surface area (Å²) in [6, 6.07) is 0.375. The summed E-state index contributed by atoms with van der Waals surface area (Å²) >= 11 is 0. The molecular formula is C9H16N4O. The number of hydrogen-bond donors (Lipinski definition) is 2. The Labute approximate surface area is 83.1 Å². The van der Waals surface area contributed by atoms with Crippen molar-refractivity contribution in [2.24, 2.45) is 5.73 Å². The maximum absolute atomic E-state index is 5.80. The zero-order valence-corrected chi connectivity index (χ0v) is 8.15. The van der Waals surface area contributed by atoms with Gasteiger partial charge in [-0.05, 0) is 25.7 Å². The van der Waals surface area contributed by atoms with Crippen LogP contribution in [0.5, 0.6) is 0 Å². The van der Waals surface area contributed by atoms with Crippen molar-refractivity contribution < 1.29 is 4.74 Å². The molecule has 1 fully saturated rings. The van der Waals surface area contributed by atoms with Crippen LogP contribution in [-0.2, 0) is 11.3 Å². The lowest BCUT2D eigenvalue weighted by Gasteiger charge is -2.25. The molecule has 0 atom stereocenters. The highest BCUT2D eigenvalue weighted by Gasteiger charge is 2.18. The molecule has 3 N–H and O–H groups in total. The molecule has 2 rings (SSSR count). The molecule has 0 saturated heterocycles. The van der Waals surface area contributed by atoms with Crippen LogP contribution in [0.4, 0.5) is 0 Å². The maximum atomic E-state index is 5.80. The first kappa shape index (κ1) is 9.61. The van der Waals surface area contributed by atoms with Crippen LogP contribution in [-0.4, -0.2) is 27.3 Å². The van der Waals surface area contributed by atoms with E-state index in [4.69, 9.17) is 10.5 Å². The molecule has 78 valence electrons. The van der Waals surface area contributed by atoms with Gasteiger partial charge in [-0.15, -0.1) is 0 Å². The van der Waals surface area contributed by atoms with Gasteiger partial charge in [-0.1, -0.05) is 0 Å². The van der Waals surface area contributed by atoms with Crippen molar-refractivity contribution in [3.63, 3.8) is 0 Å². The Bertz CT molecular complexity index is 254. The van der Waals surface area contributed by atoms with E-state index in [0.717, 1.165) is 31.5 Å². The number of nitrogens with two attached hydrogens (primary N) is 1. The molecule has 1 saturated carbocycles. The number of rotatable bonds is 3. The second-order valence-electron chi connectivity index (χ2n) is 3.78. The zero-order chi connectivity index (χ0) is 9.80. The standard InChI is InChI=1S/C9H16N4O/c10-7-1-3-8(4-2-7)14-5-9-11-6-12-13-9/h6-8H,1-5,10H2,(H,11,12,13). The predicted molar refractivity (Wildman–Crippen MR) is 51.4 cm³/mol. The quantitative estimate of drug-likeness (QED) is 0.741. The van der Waals surface area contributed by atoms with Gasteiger partial charge in [-0.3, -0.25) is 5.10 Å². The lowest BCUT2D eigenvalue weighted by atomic mass is 9.94. The van der Waals surface area contributed by atoms with Gasteiger partial charge in [0, 0.05) is 6.04 Å². The van der Waals surface area contributed by atoms with E-state index in [9.17, 15) is 0 Å². The van der Waals surface area contributed by atoms with Crippen molar-refractivity contribution in [3.05, 3.63) is 12.2 Å². The fourth-order valence-corrected chi connectivity index (χ4v) is 1.75. The first-order valence-electron chi connectivity index (χ1n) is 5.06. The molecule has 5 heteroatoms. The molecule has 1 aliphatic rings. The molecular weight excluding hydrogens is 180 g/mol. The van der Waals surface area contributed by atoms with Crippen LogP contribution in [0.25, 0.3) is 0 Å². The molecule has 0 bridgehead atoms. The van der Waals surface area contributed by atoms with Crippen LogP contribution in [0, 0.1) is 0 Å². The van der Waals surface area contributed by atoms with Gasteiger partial charge >= 0.3 is 0 Å². The lowest BCUT2D eigenvalue weighted by molar-refractivity contribution is 0.0107. The summed E-state index contributed by atoms with van der Waals surface area (Å²) < 4.78 is 5.69. The van der Waals surface area contributed by atoms with Gasteiger partial charge in [-0.25, -0.2) is 4.98 Å². The second-order valence-corrected chi connectivity index (χ2v) is 3.78. The van der Waals surface area contributed by atoms with E-state index in [1.165, 1.54) is 6.33 Å². The van der Waals surface area contributed by atoms with Crippen LogP contribution in [0.2, 0.25) is 0 Å². The number of H-pyrrole nitrogens is 1. The number of nitrogens with one attached hydrogen (secondary N) is 1. The number of hydrogen-bond acceptors (Lipinski definition) is 4. The smallest absolute Gasteiger partial charge is 0.150 e. The number of aromatic amines is 1. The summed E-state index contributed by atoms with van der Waals surface area (Å²) in [5.41, 5.74) is 5.80. The van der Waals surface area contributed by atoms with Gasteiger partial charge in [0.25, 0.3) is 0 Å². The number of aromatic nitrogens is 3.